The van der Waals surface area contributed by atoms with Crippen molar-refractivity contribution in [1.29, 1.82) is 0 Å². The minimum absolute atomic E-state index is 0.124. The van der Waals surface area contributed by atoms with Crippen molar-refractivity contribution >= 4 is 34.2 Å². The molecule has 3 N–H and O–H groups in total. The molecule has 0 fully saturated rings. The summed E-state index contributed by atoms with van der Waals surface area (Å²) in [6.07, 6.45) is 0.332. The van der Waals surface area contributed by atoms with E-state index in [4.69, 9.17) is 9.84 Å². The van der Waals surface area contributed by atoms with Gasteiger partial charge in [0.05, 0.1) is 6.54 Å². The van der Waals surface area contributed by atoms with Gasteiger partial charge in [-0.2, -0.15) is 0 Å². The zero-order chi connectivity index (χ0) is 20.0. The third-order valence-corrected chi connectivity index (χ3v) is 3.65. The molecule has 2 rings (SSSR count). The van der Waals surface area contributed by atoms with Crippen LogP contribution in [0.5, 0.6) is 5.75 Å². The number of ether oxygens (including phenoxy) is 1. The van der Waals surface area contributed by atoms with Crippen molar-refractivity contribution in [3.8, 4) is 5.75 Å². The zero-order valence-corrected chi connectivity index (χ0v) is 15.7. The Morgan fingerprint density at radius 1 is 1.00 bits per heavy atom. The minimum atomic E-state index is -1.07. The molecule has 0 aromatic heterocycles. The largest absolute Gasteiger partial charge is 0.481 e. The van der Waals surface area contributed by atoms with Gasteiger partial charge in [0.1, 0.15) is 5.75 Å². The first kappa shape index (κ1) is 20.2. The van der Waals surface area contributed by atoms with Gasteiger partial charge in [0.25, 0.3) is 0 Å². The van der Waals surface area contributed by atoms with Gasteiger partial charge in [-0.3, -0.25) is 9.59 Å². The molecule has 0 aliphatic carbocycles. The Labute approximate surface area is 157 Å². The van der Waals surface area contributed by atoms with Crippen LogP contribution in [-0.2, 0) is 14.4 Å². The van der Waals surface area contributed by atoms with Gasteiger partial charge >= 0.3 is 5.97 Å². The summed E-state index contributed by atoms with van der Waals surface area (Å²) in [6, 6.07) is 10.5. The van der Waals surface area contributed by atoms with Crippen LogP contribution in [0.25, 0.3) is 10.8 Å². The third-order valence-electron chi connectivity index (χ3n) is 3.65. The fraction of sp³-hybridized carbons (Fsp3) is 0.350. The number of anilines is 1. The van der Waals surface area contributed by atoms with Crippen LogP contribution >= 0.6 is 0 Å². The minimum Gasteiger partial charge on any atom is -0.481 e. The number of aliphatic carboxylic acids is 1. The van der Waals surface area contributed by atoms with E-state index in [1.165, 1.54) is 0 Å². The lowest BCUT2D eigenvalue weighted by Gasteiger charge is -2.17. The van der Waals surface area contributed by atoms with Gasteiger partial charge < -0.3 is 20.5 Å². The molecule has 0 spiro atoms. The molecule has 7 nitrogen and oxygen atoms in total. The normalized spacial score (nSPS) is 11.1. The second-order valence-electron chi connectivity index (χ2n) is 7.40. The van der Waals surface area contributed by atoms with Crippen LogP contribution in [0, 0.1) is 5.41 Å². The van der Waals surface area contributed by atoms with Gasteiger partial charge in [0, 0.05) is 22.9 Å². The molecule has 0 aliphatic heterocycles. The van der Waals surface area contributed by atoms with Crippen LogP contribution in [0.3, 0.4) is 0 Å². The molecule has 2 aromatic rings. The van der Waals surface area contributed by atoms with Crippen molar-refractivity contribution in [3.05, 3.63) is 36.4 Å². The van der Waals surface area contributed by atoms with Crippen LogP contribution < -0.4 is 15.4 Å². The lowest BCUT2D eigenvalue weighted by Crippen LogP contribution is -2.34. The van der Waals surface area contributed by atoms with E-state index in [9.17, 15) is 14.4 Å². The molecule has 144 valence electrons. The summed E-state index contributed by atoms with van der Waals surface area (Å²) < 4.78 is 5.30. The fourth-order valence-electron chi connectivity index (χ4n) is 2.56. The average molecular weight is 372 g/mol. The highest BCUT2D eigenvalue weighted by molar-refractivity contribution is 6.05. The quantitative estimate of drug-likeness (QED) is 0.693. The predicted octanol–water partition coefficient (Wildman–Crippen LogP) is 2.79. The van der Waals surface area contributed by atoms with Gasteiger partial charge in [-0.05, 0) is 17.5 Å². The van der Waals surface area contributed by atoms with E-state index in [-0.39, 0.29) is 23.8 Å². The Morgan fingerprint density at radius 3 is 2.30 bits per heavy atom. The highest BCUT2D eigenvalue weighted by atomic mass is 16.5. The first-order valence-electron chi connectivity index (χ1n) is 8.58. The lowest BCUT2D eigenvalue weighted by molar-refractivity contribution is -0.139. The summed E-state index contributed by atoms with van der Waals surface area (Å²) in [5, 5.41) is 15.6. The molecule has 0 atom stereocenters. The van der Waals surface area contributed by atoms with Crippen LogP contribution in [0.4, 0.5) is 5.69 Å². The smallest absolute Gasteiger partial charge is 0.341 e. The molecule has 27 heavy (non-hydrogen) atoms. The molecular weight excluding hydrogens is 348 g/mol. The number of carboxylic acid groups (broad SMARTS) is 1. The Hall–Kier alpha value is -3.09. The fourth-order valence-corrected chi connectivity index (χ4v) is 2.56. The molecule has 7 heteroatoms. The number of benzene rings is 2. The number of nitrogens with one attached hydrogen (secondary N) is 2. The first-order valence-corrected chi connectivity index (χ1v) is 8.58. The number of carbonyl (C=O) groups is 3. The predicted molar refractivity (Wildman–Crippen MR) is 103 cm³/mol. The molecule has 0 saturated carbocycles. The van der Waals surface area contributed by atoms with Crippen molar-refractivity contribution in [3.63, 3.8) is 0 Å². The highest BCUT2D eigenvalue weighted by Crippen LogP contribution is 2.31. The molecule has 0 radical (unpaired) electrons. The van der Waals surface area contributed by atoms with Crippen LogP contribution in [-0.4, -0.2) is 36.0 Å². The number of carboxylic acids is 1. The molecule has 0 unspecified atom stereocenters. The maximum atomic E-state index is 12.2. The molecule has 2 aromatic carbocycles. The van der Waals surface area contributed by atoms with E-state index in [0.29, 0.717) is 23.2 Å². The van der Waals surface area contributed by atoms with Crippen molar-refractivity contribution in [2.75, 3.05) is 18.5 Å². The van der Waals surface area contributed by atoms with E-state index in [1.807, 2.05) is 26.8 Å². The molecule has 0 bridgehead atoms. The maximum absolute atomic E-state index is 12.2. The number of fused-ring (bicyclic) bond motifs is 1. The molecular formula is C20H24N2O5. The van der Waals surface area contributed by atoms with Crippen molar-refractivity contribution in [1.82, 2.24) is 5.32 Å². The highest BCUT2D eigenvalue weighted by Gasteiger charge is 2.17. The van der Waals surface area contributed by atoms with E-state index in [0.717, 1.165) is 5.39 Å². The Balaban J connectivity index is 2.08. The van der Waals surface area contributed by atoms with Crippen molar-refractivity contribution in [2.24, 2.45) is 5.41 Å². The zero-order valence-electron chi connectivity index (χ0n) is 15.7. The van der Waals surface area contributed by atoms with Gasteiger partial charge in [0.15, 0.2) is 6.61 Å². The van der Waals surface area contributed by atoms with E-state index in [2.05, 4.69) is 10.6 Å². The van der Waals surface area contributed by atoms with Crippen LogP contribution in [0.2, 0.25) is 0 Å². The summed E-state index contributed by atoms with van der Waals surface area (Å²) in [5.41, 5.74) is 0.408. The topological polar surface area (TPSA) is 105 Å². The Morgan fingerprint density at radius 2 is 1.67 bits per heavy atom. The first-order chi connectivity index (χ1) is 12.7. The Kier molecular flexibility index (Phi) is 6.39. The second-order valence-corrected chi connectivity index (χ2v) is 7.40. The molecule has 0 aliphatic rings. The molecule has 0 heterocycles. The molecule has 0 saturated heterocycles. The summed E-state index contributed by atoms with van der Waals surface area (Å²) in [5.74, 6) is -1.17. The SMILES string of the molecule is CC(C)(C)CC(=O)NCC(=O)Nc1ccc(OCC(=O)O)c2ccccc12. The lowest BCUT2D eigenvalue weighted by atomic mass is 9.92. The monoisotopic (exact) mass is 372 g/mol. The summed E-state index contributed by atoms with van der Waals surface area (Å²) in [6.45, 7) is 5.28. The number of amides is 2. The summed E-state index contributed by atoms with van der Waals surface area (Å²) in [4.78, 5) is 34.8. The van der Waals surface area contributed by atoms with Gasteiger partial charge in [-0.25, -0.2) is 4.79 Å². The second kappa shape index (κ2) is 8.53. The number of rotatable bonds is 7. The van der Waals surface area contributed by atoms with Crippen molar-refractivity contribution < 1.29 is 24.2 Å². The number of carbonyl (C=O) groups excluding carboxylic acids is 2. The van der Waals surface area contributed by atoms with Crippen LogP contribution in [0.15, 0.2) is 36.4 Å². The summed E-state index contributed by atoms with van der Waals surface area (Å²) in [7, 11) is 0. The number of hydrogen-bond donors (Lipinski definition) is 3. The maximum Gasteiger partial charge on any atom is 0.341 e. The van der Waals surface area contributed by atoms with Crippen LogP contribution in [0.1, 0.15) is 27.2 Å². The summed E-state index contributed by atoms with van der Waals surface area (Å²) >= 11 is 0. The van der Waals surface area contributed by atoms with Gasteiger partial charge in [-0.1, -0.05) is 45.0 Å². The number of hydrogen-bond acceptors (Lipinski definition) is 4. The third kappa shape index (κ3) is 6.29. The standard InChI is InChI=1S/C20H24N2O5/c1-20(2,3)10-17(23)21-11-18(24)22-15-8-9-16(27-12-19(25)26)14-7-5-4-6-13(14)15/h4-9H,10-12H2,1-3H3,(H,21,23)(H,22,24)(H,25,26). The van der Waals surface area contributed by atoms with E-state index < -0.39 is 12.6 Å². The van der Waals surface area contributed by atoms with Gasteiger partial charge in [0.2, 0.25) is 11.8 Å². The van der Waals surface area contributed by atoms with Gasteiger partial charge in [-0.15, -0.1) is 0 Å². The van der Waals surface area contributed by atoms with E-state index >= 15 is 0 Å². The average Bonchev–Trinajstić information content (AvgIpc) is 2.57. The molecule has 2 amide bonds. The van der Waals surface area contributed by atoms with Crippen molar-refractivity contribution in [2.45, 2.75) is 27.2 Å². The Bertz CT molecular complexity index is 855. The van der Waals surface area contributed by atoms with E-state index in [1.54, 1.807) is 30.3 Å².